The fraction of sp³-hybridized carbons (Fsp3) is 0.200. The third-order valence-electron chi connectivity index (χ3n) is 3.78. The number of benzene rings is 2. The lowest BCUT2D eigenvalue weighted by atomic mass is 10.1. The molecule has 1 aromatic heterocycles. The third-order valence-corrected chi connectivity index (χ3v) is 3.78. The SMILES string of the molecule is CCOC(=O)c1cc2ccc(OC(F)c3ccccc3)cc2nc1C. The molecule has 0 saturated heterocycles. The van der Waals surface area contributed by atoms with E-state index in [2.05, 4.69) is 4.98 Å². The molecule has 0 aliphatic heterocycles. The summed E-state index contributed by atoms with van der Waals surface area (Å²) in [5.74, 6) is -0.0257. The van der Waals surface area contributed by atoms with Crippen molar-refractivity contribution < 1.29 is 18.7 Å². The van der Waals surface area contributed by atoms with Crippen molar-refractivity contribution in [3.8, 4) is 5.75 Å². The van der Waals surface area contributed by atoms with Gasteiger partial charge in [-0.3, -0.25) is 4.98 Å². The van der Waals surface area contributed by atoms with Crippen LogP contribution in [0, 0.1) is 6.92 Å². The van der Waals surface area contributed by atoms with Gasteiger partial charge in [-0.2, -0.15) is 4.39 Å². The number of pyridine rings is 1. The Morgan fingerprint density at radius 1 is 1.16 bits per heavy atom. The summed E-state index contributed by atoms with van der Waals surface area (Å²) in [6.07, 6.45) is -1.56. The molecule has 4 nitrogen and oxygen atoms in total. The quantitative estimate of drug-likeness (QED) is 0.629. The molecule has 128 valence electrons. The average molecular weight is 339 g/mol. The van der Waals surface area contributed by atoms with Crippen LogP contribution in [-0.4, -0.2) is 17.6 Å². The lowest BCUT2D eigenvalue weighted by Gasteiger charge is -2.13. The van der Waals surface area contributed by atoms with Crippen molar-refractivity contribution in [1.29, 1.82) is 0 Å². The number of nitrogens with zero attached hydrogens (tertiary/aromatic N) is 1. The van der Waals surface area contributed by atoms with E-state index in [4.69, 9.17) is 9.47 Å². The van der Waals surface area contributed by atoms with Crippen LogP contribution in [0.15, 0.2) is 54.6 Å². The number of hydrogen-bond donors (Lipinski definition) is 0. The summed E-state index contributed by atoms with van der Waals surface area (Å²) < 4.78 is 24.6. The second-order valence-corrected chi connectivity index (χ2v) is 5.54. The molecule has 0 saturated carbocycles. The predicted molar refractivity (Wildman–Crippen MR) is 93.4 cm³/mol. The first kappa shape index (κ1) is 16.9. The van der Waals surface area contributed by atoms with Gasteiger partial charge in [-0.15, -0.1) is 0 Å². The van der Waals surface area contributed by atoms with Gasteiger partial charge in [0.15, 0.2) is 0 Å². The Hall–Kier alpha value is -2.95. The highest BCUT2D eigenvalue weighted by atomic mass is 19.1. The normalized spacial score (nSPS) is 12.0. The lowest BCUT2D eigenvalue weighted by Crippen LogP contribution is -2.08. The van der Waals surface area contributed by atoms with Crippen LogP contribution in [-0.2, 0) is 4.74 Å². The number of esters is 1. The summed E-state index contributed by atoms with van der Waals surface area (Å²) in [6.45, 7) is 3.80. The number of hydrogen-bond acceptors (Lipinski definition) is 4. The van der Waals surface area contributed by atoms with Crippen LogP contribution < -0.4 is 4.74 Å². The summed E-state index contributed by atoms with van der Waals surface area (Å²) >= 11 is 0. The van der Waals surface area contributed by atoms with E-state index >= 15 is 0 Å². The highest BCUT2D eigenvalue weighted by Gasteiger charge is 2.14. The first-order chi connectivity index (χ1) is 12.1. The molecule has 0 spiro atoms. The van der Waals surface area contributed by atoms with E-state index in [9.17, 15) is 9.18 Å². The Balaban J connectivity index is 1.87. The number of carbonyl (C=O) groups excluding carboxylic acids is 1. The molecule has 0 bridgehead atoms. The molecule has 3 aromatic rings. The lowest BCUT2D eigenvalue weighted by molar-refractivity contribution is 0.0525. The number of aromatic nitrogens is 1. The Morgan fingerprint density at radius 2 is 1.92 bits per heavy atom. The van der Waals surface area contributed by atoms with Crippen LogP contribution >= 0.6 is 0 Å². The van der Waals surface area contributed by atoms with Crippen molar-refractivity contribution in [2.75, 3.05) is 6.61 Å². The Labute approximate surface area is 145 Å². The molecule has 2 aromatic carbocycles. The monoisotopic (exact) mass is 339 g/mol. The van der Waals surface area contributed by atoms with Crippen molar-refractivity contribution in [2.45, 2.75) is 20.2 Å². The minimum Gasteiger partial charge on any atom is -0.462 e. The predicted octanol–water partition coefficient (Wildman–Crippen LogP) is 4.77. The van der Waals surface area contributed by atoms with Gasteiger partial charge in [-0.1, -0.05) is 30.3 Å². The zero-order valence-electron chi connectivity index (χ0n) is 14.0. The molecule has 0 amide bonds. The first-order valence-corrected chi connectivity index (χ1v) is 8.02. The summed E-state index contributed by atoms with van der Waals surface area (Å²) in [5, 5.41) is 0.760. The average Bonchev–Trinajstić information content (AvgIpc) is 2.62. The molecule has 0 radical (unpaired) electrons. The minimum absolute atomic E-state index is 0.306. The van der Waals surface area contributed by atoms with E-state index in [0.29, 0.717) is 34.7 Å². The van der Waals surface area contributed by atoms with Gasteiger partial charge in [-0.25, -0.2) is 4.79 Å². The number of aryl methyl sites for hydroxylation is 1. The van der Waals surface area contributed by atoms with Crippen molar-refractivity contribution in [2.24, 2.45) is 0 Å². The number of carbonyl (C=O) groups is 1. The van der Waals surface area contributed by atoms with Crippen LogP contribution in [0.2, 0.25) is 0 Å². The molecule has 1 unspecified atom stereocenters. The first-order valence-electron chi connectivity index (χ1n) is 8.02. The van der Waals surface area contributed by atoms with Crippen molar-refractivity contribution in [1.82, 2.24) is 4.98 Å². The van der Waals surface area contributed by atoms with Gasteiger partial charge < -0.3 is 9.47 Å². The van der Waals surface area contributed by atoms with E-state index in [1.165, 1.54) is 0 Å². The Bertz CT molecular complexity index is 896. The van der Waals surface area contributed by atoms with Gasteiger partial charge in [0.2, 0.25) is 0 Å². The zero-order valence-corrected chi connectivity index (χ0v) is 14.0. The standard InChI is InChI=1S/C20H18FNO3/c1-3-24-20(23)17-11-15-9-10-16(12-18(15)22-13(17)2)25-19(21)14-7-5-4-6-8-14/h4-12,19H,3H2,1-2H3. The molecular weight excluding hydrogens is 321 g/mol. The number of halogens is 1. The fourth-order valence-corrected chi connectivity index (χ4v) is 2.52. The maximum Gasteiger partial charge on any atom is 0.339 e. The van der Waals surface area contributed by atoms with Crippen LogP contribution in [0.3, 0.4) is 0 Å². The van der Waals surface area contributed by atoms with E-state index in [0.717, 1.165) is 5.39 Å². The summed E-state index contributed by atoms with van der Waals surface area (Å²) in [6, 6.07) is 15.5. The highest BCUT2D eigenvalue weighted by Crippen LogP contribution is 2.27. The maximum atomic E-state index is 14.3. The second-order valence-electron chi connectivity index (χ2n) is 5.54. The van der Waals surface area contributed by atoms with E-state index in [1.54, 1.807) is 62.4 Å². The van der Waals surface area contributed by atoms with Crippen LogP contribution in [0.1, 0.15) is 34.9 Å². The number of rotatable bonds is 5. The molecule has 0 aliphatic rings. The van der Waals surface area contributed by atoms with Gasteiger partial charge in [0.05, 0.1) is 23.4 Å². The van der Waals surface area contributed by atoms with Crippen LogP contribution in [0.25, 0.3) is 10.9 Å². The van der Waals surface area contributed by atoms with Crippen molar-refractivity contribution in [3.05, 3.63) is 71.4 Å². The maximum absolute atomic E-state index is 14.3. The molecule has 1 heterocycles. The summed E-state index contributed by atoms with van der Waals surface area (Å²) in [4.78, 5) is 16.4. The van der Waals surface area contributed by atoms with Crippen LogP contribution in [0.4, 0.5) is 4.39 Å². The molecule has 25 heavy (non-hydrogen) atoms. The topological polar surface area (TPSA) is 48.4 Å². The molecule has 3 rings (SSSR count). The van der Waals surface area contributed by atoms with E-state index < -0.39 is 12.3 Å². The zero-order chi connectivity index (χ0) is 17.8. The molecule has 1 atom stereocenters. The van der Waals surface area contributed by atoms with Crippen molar-refractivity contribution in [3.63, 3.8) is 0 Å². The Kier molecular flexibility index (Phi) is 4.93. The van der Waals surface area contributed by atoms with E-state index in [-0.39, 0.29) is 0 Å². The van der Waals surface area contributed by atoms with Gasteiger partial charge in [-0.05, 0) is 32.0 Å². The Morgan fingerprint density at radius 3 is 2.64 bits per heavy atom. The smallest absolute Gasteiger partial charge is 0.339 e. The number of ether oxygens (including phenoxy) is 2. The van der Waals surface area contributed by atoms with Gasteiger partial charge in [0.25, 0.3) is 6.36 Å². The number of alkyl halides is 1. The minimum atomic E-state index is -1.56. The van der Waals surface area contributed by atoms with Gasteiger partial charge in [0, 0.05) is 17.0 Å². The molecule has 0 fully saturated rings. The fourth-order valence-electron chi connectivity index (χ4n) is 2.52. The molecule has 5 heteroatoms. The molecular formula is C20H18FNO3. The molecule has 0 aliphatic carbocycles. The second kappa shape index (κ2) is 7.30. The van der Waals surface area contributed by atoms with Crippen molar-refractivity contribution >= 4 is 16.9 Å². The van der Waals surface area contributed by atoms with Gasteiger partial charge >= 0.3 is 5.97 Å². The third kappa shape index (κ3) is 3.76. The summed E-state index contributed by atoms with van der Waals surface area (Å²) in [7, 11) is 0. The number of fused-ring (bicyclic) bond motifs is 1. The van der Waals surface area contributed by atoms with Crippen LogP contribution in [0.5, 0.6) is 5.75 Å². The largest absolute Gasteiger partial charge is 0.462 e. The summed E-state index contributed by atoms with van der Waals surface area (Å²) in [5.41, 5.74) is 2.06. The van der Waals surface area contributed by atoms with Gasteiger partial charge in [0.1, 0.15) is 5.75 Å². The van der Waals surface area contributed by atoms with E-state index in [1.807, 2.05) is 6.07 Å². The highest BCUT2D eigenvalue weighted by molar-refractivity contribution is 5.95. The molecule has 0 N–H and O–H groups in total.